The van der Waals surface area contributed by atoms with Crippen LogP contribution in [0.25, 0.3) is 0 Å². The Bertz CT molecular complexity index is 592. The van der Waals surface area contributed by atoms with Gasteiger partial charge >= 0.3 is 5.97 Å². The van der Waals surface area contributed by atoms with Gasteiger partial charge in [-0.15, -0.1) is 0 Å². The molecule has 22 heavy (non-hydrogen) atoms. The highest BCUT2D eigenvalue weighted by atomic mass is 19.1. The van der Waals surface area contributed by atoms with E-state index in [2.05, 4.69) is 5.32 Å². The predicted octanol–water partition coefficient (Wildman–Crippen LogP) is -0.132. The average molecular weight is 310 g/mol. The molecule has 2 amide bonds. The van der Waals surface area contributed by atoms with Gasteiger partial charge in [0.2, 0.25) is 5.91 Å². The van der Waals surface area contributed by atoms with Crippen LogP contribution in [-0.4, -0.2) is 60.1 Å². The standard InChI is InChI=1S/C14H15FN2O5/c15-10-3-1-2-9(6-10)13(19)16-7-12(18)17-4-5-22-11(8-17)14(20)21/h1-3,6,11H,4-5,7-8H2,(H,16,19)(H,20,21). The first-order valence-electron chi connectivity index (χ1n) is 6.63. The van der Waals surface area contributed by atoms with E-state index in [1.54, 1.807) is 0 Å². The molecule has 1 unspecified atom stereocenters. The number of amides is 2. The van der Waals surface area contributed by atoms with Crippen LogP contribution in [0.15, 0.2) is 24.3 Å². The number of carboxylic acids is 1. The Kier molecular flexibility index (Phi) is 5.05. The van der Waals surface area contributed by atoms with Crippen LogP contribution in [0.5, 0.6) is 0 Å². The zero-order valence-corrected chi connectivity index (χ0v) is 11.6. The normalized spacial score (nSPS) is 17.9. The van der Waals surface area contributed by atoms with E-state index >= 15 is 0 Å². The molecule has 0 spiro atoms. The topological polar surface area (TPSA) is 95.9 Å². The molecule has 1 aliphatic heterocycles. The van der Waals surface area contributed by atoms with Gasteiger partial charge in [0.25, 0.3) is 5.91 Å². The van der Waals surface area contributed by atoms with Crippen molar-refractivity contribution in [2.75, 3.05) is 26.2 Å². The van der Waals surface area contributed by atoms with Gasteiger partial charge in [-0.05, 0) is 18.2 Å². The van der Waals surface area contributed by atoms with Crippen molar-refractivity contribution in [3.05, 3.63) is 35.6 Å². The number of nitrogens with one attached hydrogen (secondary N) is 1. The number of nitrogens with zero attached hydrogens (tertiary/aromatic N) is 1. The lowest BCUT2D eigenvalue weighted by molar-refractivity contribution is -0.159. The van der Waals surface area contributed by atoms with Gasteiger partial charge in [-0.3, -0.25) is 9.59 Å². The number of hydrogen-bond acceptors (Lipinski definition) is 4. The molecular weight excluding hydrogens is 295 g/mol. The summed E-state index contributed by atoms with van der Waals surface area (Å²) in [5.74, 6) is -2.67. The number of ether oxygens (including phenoxy) is 1. The molecule has 0 radical (unpaired) electrons. The third kappa shape index (κ3) is 4.01. The molecule has 1 fully saturated rings. The number of benzene rings is 1. The van der Waals surface area contributed by atoms with Crippen molar-refractivity contribution in [3.8, 4) is 0 Å². The molecular formula is C14H15FN2O5. The summed E-state index contributed by atoms with van der Waals surface area (Å²) >= 11 is 0. The van der Waals surface area contributed by atoms with Crippen molar-refractivity contribution in [1.82, 2.24) is 10.2 Å². The summed E-state index contributed by atoms with van der Waals surface area (Å²) in [6.07, 6.45) is -1.06. The second-order valence-corrected chi connectivity index (χ2v) is 4.73. The van der Waals surface area contributed by atoms with E-state index in [-0.39, 0.29) is 31.8 Å². The Morgan fingerprint density at radius 2 is 2.18 bits per heavy atom. The van der Waals surface area contributed by atoms with Gasteiger partial charge in [0.05, 0.1) is 19.7 Å². The van der Waals surface area contributed by atoms with Gasteiger partial charge < -0.3 is 20.1 Å². The van der Waals surface area contributed by atoms with Crippen LogP contribution in [0.1, 0.15) is 10.4 Å². The highest BCUT2D eigenvalue weighted by Gasteiger charge is 2.28. The zero-order chi connectivity index (χ0) is 16.1. The molecule has 2 N–H and O–H groups in total. The molecule has 0 aromatic heterocycles. The maximum absolute atomic E-state index is 13.0. The average Bonchev–Trinajstić information content (AvgIpc) is 2.52. The Labute approximate surface area is 125 Å². The molecule has 8 heteroatoms. The molecule has 2 rings (SSSR count). The van der Waals surface area contributed by atoms with Crippen LogP contribution in [0.3, 0.4) is 0 Å². The first-order chi connectivity index (χ1) is 10.5. The number of aliphatic carboxylic acids is 1. The van der Waals surface area contributed by atoms with E-state index in [1.165, 1.54) is 23.1 Å². The molecule has 1 saturated heterocycles. The van der Waals surface area contributed by atoms with E-state index in [0.29, 0.717) is 0 Å². The third-order valence-electron chi connectivity index (χ3n) is 3.18. The molecule has 7 nitrogen and oxygen atoms in total. The Morgan fingerprint density at radius 3 is 2.86 bits per heavy atom. The van der Waals surface area contributed by atoms with Crippen molar-refractivity contribution in [3.63, 3.8) is 0 Å². The van der Waals surface area contributed by atoms with E-state index < -0.39 is 29.7 Å². The molecule has 1 atom stereocenters. The van der Waals surface area contributed by atoms with Crippen molar-refractivity contribution >= 4 is 17.8 Å². The van der Waals surface area contributed by atoms with Crippen LogP contribution in [0.2, 0.25) is 0 Å². The number of rotatable bonds is 4. The van der Waals surface area contributed by atoms with Crippen LogP contribution in [0, 0.1) is 5.82 Å². The summed E-state index contributed by atoms with van der Waals surface area (Å²) in [5, 5.41) is 11.2. The molecule has 1 heterocycles. The van der Waals surface area contributed by atoms with Gasteiger partial charge in [-0.2, -0.15) is 0 Å². The van der Waals surface area contributed by atoms with E-state index in [1.807, 2.05) is 0 Å². The highest BCUT2D eigenvalue weighted by Crippen LogP contribution is 2.06. The molecule has 0 aliphatic carbocycles. The van der Waals surface area contributed by atoms with Crippen LogP contribution in [0.4, 0.5) is 4.39 Å². The quantitative estimate of drug-likeness (QED) is 0.807. The number of carbonyl (C=O) groups is 3. The fourth-order valence-corrected chi connectivity index (χ4v) is 2.02. The minimum absolute atomic E-state index is 0.0655. The minimum Gasteiger partial charge on any atom is -0.479 e. The zero-order valence-electron chi connectivity index (χ0n) is 11.6. The summed E-state index contributed by atoms with van der Waals surface area (Å²) in [6.45, 7) is 0.0324. The molecule has 0 bridgehead atoms. The second kappa shape index (κ2) is 6.99. The van der Waals surface area contributed by atoms with Gasteiger partial charge in [0.15, 0.2) is 6.10 Å². The molecule has 1 aliphatic rings. The third-order valence-corrected chi connectivity index (χ3v) is 3.18. The van der Waals surface area contributed by atoms with E-state index in [0.717, 1.165) is 6.07 Å². The van der Waals surface area contributed by atoms with Crippen molar-refractivity contribution in [1.29, 1.82) is 0 Å². The highest BCUT2D eigenvalue weighted by molar-refractivity contribution is 5.96. The Hall–Kier alpha value is -2.48. The summed E-state index contributed by atoms with van der Waals surface area (Å²) in [7, 11) is 0. The van der Waals surface area contributed by atoms with Crippen LogP contribution >= 0.6 is 0 Å². The molecule has 118 valence electrons. The van der Waals surface area contributed by atoms with E-state index in [9.17, 15) is 18.8 Å². The Balaban J connectivity index is 1.87. The summed E-state index contributed by atoms with van der Waals surface area (Å²) in [4.78, 5) is 35.9. The maximum Gasteiger partial charge on any atom is 0.334 e. The lowest BCUT2D eigenvalue weighted by Crippen LogP contribution is -2.51. The first-order valence-corrected chi connectivity index (χ1v) is 6.63. The van der Waals surface area contributed by atoms with E-state index in [4.69, 9.17) is 9.84 Å². The molecule has 1 aromatic carbocycles. The fraction of sp³-hybridized carbons (Fsp3) is 0.357. The Morgan fingerprint density at radius 1 is 1.41 bits per heavy atom. The lowest BCUT2D eigenvalue weighted by atomic mass is 10.2. The van der Waals surface area contributed by atoms with Crippen molar-refractivity contribution in [2.45, 2.75) is 6.10 Å². The van der Waals surface area contributed by atoms with Gasteiger partial charge in [0.1, 0.15) is 5.82 Å². The maximum atomic E-state index is 13.0. The smallest absolute Gasteiger partial charge is 0.334 e. The van der Waals surface area contributed by atoms with Gasteiger partial charge in [-0.1, -0.05) is 6.07 Å². The number of carbonyl (C=O) groups excluding carboxylic acids is 2. The largest absolute Gasteiger partial charge is 0.479 e. The summed E-state index contributed by atoms with van der Waals surface area (Å²) < 4.78 is 18.0. The first kappa shape index (κ1) is 15.9. The fourth-order valence-electron chi connectivity index (χ4n) is 2.02. The monoisotopic (exact) mass is 310 g/mol. The molecule has 1 aromatic rings. The minimum atomic E-state index is -1.14. The van der Waals surface area contributed by atoms with Crippen LogP contribution < -0.4 is 5.32 Å². The second-order valence-electron chi connectivity index (χ2n) is 4.73. The van der Waals surface area contributed by atoms with Crippen molar-refractivity contribution < 1.29 is 28.6 Å². The van der Waals surface area contributed by atoms with Gasteiger partial charge in [0, 0.05) is 12.1 Å². The number of carboxylic acid groups (broad SMARTS) is 1. The molecule has 0 saturated carbocycles. The number of halogens is 1. The summed E-state index contributed by atoms with van der Waals surface area (Å²) in [6, 6.07) is 5.10. The van der Waals surface area contributed by atoms with Gasteiger partial charge in [-0.25, -0.2) is 9.18 Å². The number of morpholine rings is 1. The van der Waals surface area contributed by atoms with Crippen molar-refractivity contribution in [2.24, 2.45) is 0 Å². The number of hydrogen-bond donors (Lipinski definition) is 2. The summed E-state index contributed by atoms with van der Waals surface area (Å²) in [5.41, 5.74) is 0.109. The predicted molar refractivity (Wildman–Crippen MR) is 72.7 cm³/mol. The van der Waals surface area contributed by atoms with Crippen LogP contribution in [-0.2, 0) is 14.3 Å². The SMILES string of the molecule is O=C(NCC(=O)N1CCOC(C(=O)O)C1)c1cccc(F)c1. The lowest BCUT2D eigenvalue weighted by Gasteiger charge is -2.30.